The van der Waals surface area contributed by atoms with Gasteiger partial charge in [-0.2, -0.15) is 0 Å². The van der Waals surface area contributed by atoms with Crippen LogP contribution < -0.4 is 27.4 Å². The van der Waals surface area contributed by atoms with Gasteiger partial charge >= 0.3 is 5.97 Å². The lowest BCUT2D eigenvalue weighted by molar-refractivity contribution is -0.142. The van der Waals surface area contributed by atoms with E-state index in [1.807, 2.05) is 6.07 Å². The van der Waals surface area contributed by atoms with Crippen molar-refractivity contribution >= 4 is 29.6 Å². The van der Waals surface area contributed by atoms with E-state index in [2.05, 4.69) is 16.0 Å². The number of carboxylic acid groups (broad SMARTS) is 1. The molecule has 4 unspecified atom stereocenters. The highest BCUT2D eigenvalue weighted by atomic mass is 16.4. The molecule has 2 aromatic carbocycles. The maximum Gasteiger partial charge on any atom is 0.326 e. The first-order chi connectivity index (χ1) is 17.1. The number of primary amides is 1. The maximum absolute atomic E-state index is 12.7. The van der Waals surface area contributed by atoms with Crippen LogP contribution in [0.3, 0.4) is 0 Å². The molecule has 0 radical (unpaired) electrons. The highest BCUT2D eigenvalue weighted by Gasteiger charge is 2.29. The molecule has 192 valence electrons. The van der Waals surface area contributed by atoms with Crippen molar-refractivity contribution in [2.24, 2.45) is 11.5 Å². The first-order valence-corrected chi connectivity index (χ1v) is 11.3. The van der Waals surface area contributed by atoms with Crippen LogP contribution in [0.1, 0.15) is 24.5 Å². The molecule has 2 rings (SSSR count). The van der Waals surface area contributed by atoms with Crippen molar-refractivity contribution in [1.29, 1.82) is 0 Å². The number of hydrogen-bond donors (Lipinski definition) is 6. The van der Waals surface area contributed by atoms with Crippen LogP contribution in [0.4, 0.5) is 0 Å². The van der Waals surface area contributed by atoms with Gasteiger partial charge in [-0.05, 0) is 24.5 Å². The van der Waals surface area contributed by atoms with Crippen LogP contribution in [0.2, 0.25) is 0 Å². The molecule has 0 aliphatic heterocycles. The summed E-state index contributed by atoms with van der Waals surface area (Å²) in [6.45, 7) is 1.35. The third-order valence-corrected chi connectivity index (χ3v) is 5.32. The zero-order valence-corrected chi connectivity index (χ0v) is 19.8. The van der Waals surface area contributed by atoms with Gasteiger partial charge in [0.1, 0.15) is 18.1 Å². The molecular weight excluding hydrogens is 466 g/mol. The van der Waals surface area contributed by atoms with Crippen LogP contribution in [0, 0.1) is 0 Å². The van der Waals surface area contributed by atoms with Gasteiger partial charge in [-0.3, -0.25) is 19.2 Å². The van der Waals surface area contributed by atoms with E-state index in [1.54, 1.807) is 54.6 Å². The summed E-state index contributed by atoms with van der Waals surface area (Å²) in [7, 11) is 0. The molecule has 0 heterocycles. The minimum absolute atomic E-state index is 0.0439. The van der Waals surface area contributed by atoms with Gasteiger partial charge in [0, 0.05) is 6.42 Å². The Morgan fingerprint density at radius 1 is 0.750 bits per heavy atom. The van der Waals surface area contributed by atoms with Crippen molar-refractivity contribution < 1.29 is 29.1 Å². The number of carbonyl (C=O) groups is 5. The molecule has 0 saturated heterocycles. The fourth-order valence-corrected chi connectivity index (χ4v) is 3.38. The first-order valence-electron chi connectivity index (χ1n) is 11.3. The molecule has 0 spiro atoms. The van der Waals surface area contributed by atoms with Crippen LogP contribution in [0.25, 0.3) is 0 Å². The van der Waals surface area contributed by atoms with Gasteiger partial charge in [0.2, 0.25) is 23.6 Å². The lowest BCUT2D eigenvalue weighted by Crippen LogP contribution is -2.57. The summed E-state index contributed by atoms with van der Waals surface area (Å²) in [6.07, 6.45) is -0.271. The van der Waals surface area contributed by atoms with Crippen LogP contribution in [-0.4, -0.2) is 58.9 Å². The number of rotatable bonds is 13. The first kappa shape index (κ1) is 28.0. The zero-order valence-electron chi connectivity index (χ0n) is 19.8. The standard InChI is InChI=1S/C25H31N5O6/c1-15(22(32)30-20(25(35)36)13-17-10-6-3-7-11-17)28-24(34)19(14-21(27)31)29-23(33)18(26)12-16-8-4-2-5-9-16/h2-11,15,18-20H,12-14,26H2,1H3,(H2,27,31)(H,28,34)(H,29,33)(H,30,32)(H,35,36). The van der Waals surface area contributed by atoms with Crippen molar-refractivity contribution in [3.05, 3.63) is 71.8 Å². The fraction of sp³-hybridized carbons (Fsp3) is 0.320. The Balaban J connectivity index is 1.98. The van der Waals surface area contributed by atoms with E-state index in [9.17, 15) is 29.1 Å². The average molecular weight is 498 g/mol. The summed E-state index contributed by atoms with van der Waals surface area (Å²) in [5, 5.41) is 16.6. The molecule has 11 heteroatoms. The molecule has 2 aromatic rings. The quantitative estimate of drug-likeness (QED) is 0.209. The Bertz CT molecular complexity index is 1060. The summed E-state index contributed by atoms with van der Waals surface area (Å²) in [6, 6.07) is 13.0. The molecule has 0 fully saturated rings. The number of benzene rings is 2. The van der Waals surface area contributed by atoms with Gasteiger partial charge in [0.05, 0.1) is 12.5 Å². The fourth-order valence-electron chi connectivity index (χ4n) is 3.38. The van der Waals surface area contributed by atoms with Crippen LogP contribution in [0.15, 0.2) is 60.7 Å². The number of nitrogens with two attached hydrogens (primary N) is 2. The Morgan fingerprint density at radius 3 is 1.75 bits per heavy atom. The van der Waals surface area contributed by atoms with Crippen molar-refractivity contribution in [3.63, 3.8) is 0 Å². The van der Waals surface area contributed by atoms with E-state index in [1.165, 1.54) is 6.92 Å². The van der Waals surface area contributed by atoms with Crippen LogP contribution in [-0.2, 0) is 36.8 Å². The third kappa shape index (κ3) is 9.18. The minimum atomic E-state index is -1.37. The number of carboxylic acids is 1. The van der Waals surface area contributed by atoms with E-state index in [0.29, 0.717) is 5.56 Å². The number of hydrogen-bond acceptors (Lipinski definition) is 6. The van der Waals surface area contributed by atoms with Crippen molar-refractivity contribution in [1.82, 2.24) is 16.0 Å². The number of amides is 4. The summed E-state index contributed by atoms with van der Waals surface area (Å²) in [5.41, 5.74) is 12.7. The molecule has 0 saturated carbocycles. The second kappa shape index (κ2) is 13.6. The molecule has 11 nitrogen and oxygen atoms in total. The smallest absolute Gasteiger partial charge is 0.326 e. The number of aliphatic carboxylic acids is 1. The average Bonchev–Trinajstić information content (AvgIpc) is 2.83. The predicted molar refractivity (Wildman–Crippen MR) is 131 cm³/mol. The second-order valence-electron chi connectivity index (χ2n) is 8.35. The lowest BCUT2D eigenvalue weighted by Gasteiger charge is -2.23. The summed E-state index contributed by atoms with van der Waals surface area (Å²) in [4.78, 5) is 61.0. The van der Waals surface area contributed by atoms with Gasteiger partial charge in [0.25, 0.3) is 0 Å². The van der Waals surface area contributed by atoms with Gasteiger partial charge in [0.15, 0.2) is 0 Å². The van der Waals surface area contributed by atoms with E-state index in [0.717, 1.165) is 5.56 Å². The molecule has 4 atom stereocenters. The molecular formula is C25H31N5O6. The largest absolute Gasteiger partial charge is 0.480 e. The van der Waals surface area contributed by atoms with E-state index in [4.69, 9.17) is 11.5 Å². The highest BCUT2D eigenvalue weighted by Crippen LogP contribution is 2.05. The molecule has 0 aliphatic carbocycles. The molecule has 0 bridgehead atoms. The van der Waals surface area contributed by atoms with Crippen LogP contribution >= 0.6 is 0 Å². The lowest BCUT2D eigenvalue weighted by atomic mass is 10.0. The van der Waals surface area contributed by atoms with Crippen LogP contribution in [0.5, 0.6) is 0 Å². The second-order valence-corrected chi connectivity index (χ2v) is 8.35. The van der Waals surface area contributed by atoms with Gasteiger partial charge in [-0.15, -0.1) is 0 Å². The molecule has 4 amide bonds. The zero-order chi connectivity index (χ0) is 26.7. The Labute approximate surface area is 208 Å². The van der Waals surface area contributed by atoms with Gasteiger partial charge in [-0.25, -0.2) is 4.79 Å². The molecule has 0 aromatic heterocycles. The number of carbonyl (C=O) groups excluding carboxylic acids is 4. The van der Waals surface area contributed by atoms with E-state index >= 15 is 0 Å². The topological polar surface area (TPSA) is 194 Å². The monoisotopic (exact) mass is 497 g/mol. The molecule has 0 aliphatic rings. The SMILES string of the molecule is CC(NC(=O)C(CC(N)=O)NC(=O)C(N)Cc1ccccc1)C(=O)NC(Cc1ccccc1)C(=O)O. The minimum Gasteiger partial charge on any atom is -0.480 e. The summed E-state index contributed by atoms with van der Waals surface area (Å²) in [5.74, 6) is -4.36. The normalized spacial score (nSPS) is 13.9. The van der Waals surface area contributed by atoms with Crippen molar-refractivity contribution in [3.8, 4) is 0 Å². The third-order valence-electron chi connectivity index (χ3n) is 5.32. The summed E-state index contributed by atoms with van der Waals surface area (Å²) >= 11 is 0. The van der Waals surface area contributed by atoms with Gasteiger partial charge in [-0.1, -0.05) is 60.7 Å². The van der Waals surface area contributed by atoms with Crippen molar-refractivity contribution in [2.75, 3.05) is 0 Å². The highest BCUT2D eigenvalue weighted by molar-refractivity contribution is 5.96. The Morgan fingerprint density at radius 2 is 1.25 bits per heavy atom. The van der Waals surface area contributed by atoms with Gasteiger partial charge < -0.3 is 32.5 Å². The van der Waals surface area contributed by atoms with E-state index in [-0.39, 0.29) is 12.8 Å². The predicted octanol–water partition coefficient (Wildman–Crippen LogP) is -0.767. The Hall–Kier alpha value is -4.25. The molecule has 36 heavy (non-hydrogen) atoms. The molecule has 8 N–H and O–H groups in total. The Kier molecular flexibility index (Phi) is 10.6. The summed E-state index contributed by atoms with van der Waals surface area (Å²) < 4.78 is 0. The number of nitrogens with one attached hydrogen (secondary N) is 3. The van der Waals surface area contributed by atoms with Crippen molar-refractivity contribution in [2.45, 2.75) is 50.4 Å². The van der Waals surface area contributed by atoms with E-state index < -0.39 is 60.2 Å². The maximum atomic E-state index is 12.7.